The molecule has 0 aliphatic carbocycles. The van der Waals surface area contributed by atoms with Crippen LogP contribution in [0.15, 0.2) is 218 Å². The Kier molecular flexibility index (Phi) is 14.9. The van der Waals surface area contributed by atoms with Gasteiger partial charge in [0.2, 0.25) is 5.82 Å². The molecule has 2 aromatic heterocycles. The predicted octanol–water partition coefficient (Wildman–Crippen LogP) is 14.2. The third kappa shape index (κ3) is 9.64. The largest absolute Gasteiger partial charge is 0.404 e. The van der Waals surface area contributed by atoms with Gasteiger partial charge in [-0.1, -0.05) is 211 Å². The molecule has 0 amide bonds. The highest BCUT2D eigenvalue weighted by atomic mass is 32.2. The van der Waals surface area contributed by atoms with Crippen LogP contribution in [0.5, 0.6) is 0 Å². The molecule has 1 unspecified atom stereocenters. The first-order valence-corrected chi connectivity index (χ1v) is 27.4. The van der Waals surface area contributed by atoms with Gasteiger partial charge in [-0.25, -0.2) is 4.68 Å². The predicted molar refractivity (Wildman–Crippen MR) is 290 cm³/mol. The van der Waals surface area contributed by atoms with Crippen LogP contribution in [0.1, 0.15) is 59.2 Å². The van der Waals surface area contributed by atoms with Crippen molar-refractivity contribution in [2.75, 3.05) is 19.0 Å². The molecule has 0 fully saturated rings. The van der Waals surface area contributed by atoms with Crippen molar-refractivity contribution in [1.82, 2.24) is 35.2 Å². The van der Waals surface area contributed by atoms with E-state index in [1.54, 1.807) is 16.9 Å². The summed E-state index contributed by atoms with van der Waals surface area (Å²) in [6.07, 6.45) is 1.05. The Morgan fingerprint density at radius 3 is 1.64 bits per heavy atom. The van der Waals surface area contributed by atoms with Crippen molar-refractivity contribution in [1.29, 1.82) is 0 Å². The van der Waals surface area contributed by atoms with Crippen LogP contribution in [-0.4, -0.2) is 54.2 Å². The van der Waals surface area contributed by atoms with E-state index in [1.807, 2.05) is 132 Å². The van der Waals surface area contributed by atoms with Crippen molar-refractivity contribution in [3.8, 4) is 22.5 Å². The number of para-hydroxylation sites is 1. The summed E-state index contributed by atoms with van der Waals surface area (Å²) in [5, 5.41) is 24.1. The first-order valence-electron chi connectivity index (χ1n) is 24.7. The number of hydrogen-bond donors (Lipinski definition) is 0. The molecule has 372 valence electrons. The fourth-order valence-corrected chi connectivity index (χ4v) is 12.5. The third-order valence-corrected chi connectivity index (χ3v) is 16.6. The molecule has 10 nitrogen and oxygen atoms in total. The molecule has 0 spiro atoms. The van der Waals surface area contributed by atoms with Crippen molar-refractivity contribution in [3.05, 3.63) is 257 Å². The van der Waals surface area contributed by atoms with Gasteiger partial charge in [-0.2, -0.15) is 20.5 Å². The summed E-state index contributed by atoms with van der Waals surface area (Å²) < 4.78 is 57.3. The zero-order valence-electron chi connectivity index (χ0n) is 41.0. The first kappa shape index (κ1) is 50.1. The summed E-state index contributed by atoms with van der Waals surface area (Å²) in [5.74, 6) is 1.98. The highest BCUT2D eigenvalue weighted by Gasteiger charge is 2.55. The molecule has 74 heavy (non-hydrogen) atoms. The molecule has 14 heteroatoms. The molecule has 10 aromatic rings. The number of tetrazole rings is 1. The molecule has 10 rings (SSSR count). The smallest absolute Gasteiger partial charge is 0.304 e. The second kappa shape index (κ2) is 22.0. The van der Waals surface area contributed by atoms with Crippen molar-refractivity contribution in [2.45, 2.75) is 49.2 Å². The Labute approximate surface area is 434 Å². The van der Waals surface area contributed by atoms with Crippen LogP contribution in [0.4, 0.5) is 8.78 Å². The molecule has 0 aliphatic rings. The van der Waals surface area contributed by atoms with Gasteiger partial charge < -0.3 is 9.05 Å². The van der Waals surface area contributed by atoms with E-state index in [2.05, 4.69) is 84.0 Å². The summed E-state index contributed by atoms with van der Waals surface area (Å²) in [4.78, 5) is 1.75. The molecular weight excluding hydrogens is 968 g/mol. The number of thioether (sulfide) groups is 1. The maximum atomic E-state index is 15.9. The van der Waals surface area contributed by atoms with Gasteiger partial charge in [0.25, 0.3) is 0 Å². The molecule has 0 bridgehead atoms. The topological polar surface area (TPSA) is 110 Å². The number of hydrogen-bond acceptors (Lipinski definition) is 9. The van der Waals surface area contributed by atoms with Gasteiger partial charge >= 0.3 is 13.3 Å². The van der Waals surface area contributed by atoms with E-state index in [1.165, 1.54) is 26.0 Å². The fraction of sp³-hybridized carbons (Fsp3) is 0.183. The van der Waals surface area contributed by atoms with E-state index >= 15 is 8.78 Å². The lowest BCUT2D eigenvalue weighted by molar-refractivity contribution is 0.0360. The third-order valence-electron chi connectivity index (χ3n) is 13.5. The summed E-state index contributed by atoms with van der Waals surface area (Å²) in [6, 6.07) is 71.7. The van der Waals surface area contributed by atoms with Gasteiger partial charge in [-0.15, -0.1) is 20.1 Å². The number of benzene rings is 8. The first-order chi connectivity index (χ1) is 36.2. The zero-order valence-corrected chi connectivity index (χ0v) is 42.7. The van der Waals surface area contributed by atoms with Crippen LogP contribution >= 0.6 is 19.4 Å². The van der Waals surface area contributed by atoms with Gasteiger partial charge in [-0.05, 0) is 87.9 Å². The van der Waals surface area contributed by atoms with E-state index in [4.69, 9.17) is 29.7 Å². The van der Waals surface area contributed by atoms with Crippen molar-refractivity contribution >= 4 is 30.4 Å². The number of rotatable bonds is 21. The van der Waals surface area contributed by atoms with Gasteiger partial charge in [0.05, 0.1) is 24.3 Å². The van der Waals surface area contributed by atoms with Crippen LogP contribution in [-0.2, 0) is 42.5 Å². The van der Waals surface area contributed by atoms with Gasteiger partial charge in [0.15, 0.2) is 5.54 Å². The molecule has 2 heterocycles. The Bertz CT molecular complexity index is 3370. The second-order valence-electron chi connectivity index (χ2n) is 17.9. The lowest BCUT2D eigenvalue weighted by atomic mass is 9.77. The minimum atomic E-state index is -4.79. The Morgan fingerprint density at radius 1 is 0.541 bits per heavy atom. The normalized spacial score (nSPS) is 13.0. The quantitative estimate of drug-likeness (QED) is 0.0395. The van der Waals surface area contributed by atoms with Gasteiger partial charge in [-0.3, -0.25) is 4.57 Å². The van der Waals surface area contributed by atoms with Crippen LogP contribution < -0.4 is 0 Å². The minimum absolute atomic E-state index is 0.180. The molecule has 1 atom stereocenters. The van der Waals surface area contributed by atoms with Crippen LogP contribution in [0.25, 0.3) is 33.5 Å². The molecule has 0 saturated carbocycles. The van der Waals surface area contributed by atoms with E-state index < -0.39 is 29.9 Å². The number of nitrogens with zero attached hydrogens (tertiary/aromatic N) is 7. The summed E-state index contributed by atoms with van der Waals surface area (Å²) in [5.41, 5.74) is 4.48. The molecule has 8 aromatic carbocycles. The molecule has 0 aliphatic heterocycles. The van der Waals surface area contributed by atoms with Crippen LogP contribution in [0, 0.1) is 0 Å². The maximum Gasteiger partial charge on any atom is 0.404 e. The lowest BCUT2D eigenvalue weighted by Crippen LogP contribution is -2.39. The highest BCUT2D eigenvalue weighted by molar-refractivity contribution is 7.98. The van der Waals surface area contributed by atoms with Crippen molar-refractivity contribution < 1.29 is 22.4 Å². The molecule has 0 N–H and O–H groups in total. The SMILES string of the molecule is CCOP(=O)(OCC)C(F)(F)c1ccc(CC(CCSCc2ccc(-c3ccccc3-c3nnn(C(c4ccccc4)(c4ccccc4)c4ccccc4)n3)cc2)(c2ccccc2)n2nnc3ccccc32)cc1. The van der Waals surface area contributed by atoms with Crippen LogP contribution in [0.3, 0.4) is 0 Å². The molecule has 0 radical (unpaired) electrons. The van der Waals surface area contributed by atoms with E-state index in [0.717, 1.165) is 72.6 Å². The average Bonchev–Trinajstić information content (AvgIpc) is 4.13. The Balaban J connectivity index is 0.917. The number of fused-ring (bicyclic) bond motifs is 1. The monoisotopic (exact) mass is 1020 g/mol. The molecule has 0 saturated heterocycles. The maximum absolute atomic E-state index is 15.9. The lowest BCUT2D eigenvalue weighted by Gasteiger charge is -2.35. The number of aromatic nitrogens is 7. The van der Waals surface area contributed by atoms with E-state index in [0.29, 0.717) is 18.7 Å². The van der Waals surface area contributed by atoms with Crippen molar-refractivity contribution in [2.24, 2.45) is 0 Å². The second-order valence-corrected chi connectivity index (χ2v) is 21.1. The molecular formula is C60H54F2N7O3PS. The van der Waals surface area contributed by atoms with E-state index in [9.17, 15) is 4.57 Å². The summed E-state index contributed by atoms with van der Waals surface area (Å²) in [7, 11) is -4.79. The number of alkyl halides is 2. The van der Waals surface area contributed by atoms with E-state index in [-0.39, 0.29) is 13.2 Å². The fourth-order valence-electron chi connectivity index (χ4n) is 9.92. The standard InChI is InChI=1S/C60H54F2N7O3PS/c1-3-71-73(70,72-4-2)60(61,62)52-39-35-45(36-40-52)43-58(48-21-9-5-10-22-48,68-56-32-20-19-31-55(56)63-66-68)41-42-74-44-46-33-37-47(38-34-46)53-29-17-18-30-54(53)57-64-67-69(65-57)59(49-23-11-6-12-24-49,50-25-13-7-14-26-50)51-27-15-8-16-28-51/h5-40H,3-4,41-44H2,1-2H3. The minimum Gasteiger partial charge on any atom is -0.304 e. The zero-order chi connectivity index (χ0) is 51.0. The summed E-state index contributed by atoms with van der Waals surface area (Å²) in [6.45, 7) is 2.67. The van der Waals surface area contributed by atoms with Gasteiger partial charge in [0, 0.05) is 23.3 Å². The Hall–Kier alpha value is -7.41. The highest BCUT2D eigenvalue weighted by Crippen LogP contribution is 2.66. The average molecular weight is 1020 g/mol. The Morgan fingerprint density at radius 2 is 1.05 bits per heavy atom. The number of halogens is 2. The summed E-state index contributed by atoms with van der Waals surface area (Å²) >= 11 is 1.81. The van der Waals surface area contributed by atoms with Crippen LogP contribution in [0.2, 0.25) is 0 Å². The van der Waals surface area contributed by atoms with Crippen molar-refractivity contribution in [3.63, 3.8) is 0 Å². The van der Waals surface area contributed by atoms with Gasteiger partial charge in [0.1, 0.15) is 5.52 Å².